The normalized spacial score (nSPS) is 29.0. The van der Waals surface area contributed by atoms with Crippen LogP contribution in [-0.4, -0.2) is 41.2 Å². The Morgan fingerprint density at radius 1 is 1.00 bits per heavy atom. The third kappa shape index (κ3) is 3.10. The van der Waals surface area contributed by atoms with Gasteiger partial charge < -0.3 is 10.2 Å². The molecule has 8 heteroatoms. The van der Waals surface area contributed by atoms with Crippen LogP contribution in [-0.2, 0) is 19.4 Å². The van der Waals surface area contributed by atoms with Crippen LogP contribution in [0.5, 0.6) is 0 Å². The molecule has 0 radical (unpaired) electrons. The number of sulfone groups is 1. The van der Waals surface area contributed by atoms with E-state index in [-0.39, 0.29) is 17.7 Å². The lowest BCUT2D eigenvalue weighted by molar-refractivity contribution is -0.155. The zero-order chi connectivity index (χ0) is 16.5. The molecule has 1 aliphatic carbocycles. The SMILES string of the molecule is O=C(O)[C@H]1C[C@@H](S(=O)(=O)c2ccccc2)[C@@H](Cl)C[C@H]1C(=O)O. The first-order chi connectivity index (χ1) is 10.2. The first-order valence-corrected chi connectivity index (χ1v) is 8.62. The van der Waals surface area contributed by atoms with Crippen LogP contribution in [0, 0.1) is 11.8 Å². The third-order valence-electron chi connectivity index (χ3n) is 3.96. The van der Waals surface area contributed by atoms with Crippen LogP contribution in [0.4, 0.5) is 0 Å². The average Bonchev–Trinajstić information content (AvgIpc) is 2.47. The van der Waals surface area contributed by atoms with Gasteiger partial charge in [-0.3, -0.25) is 9.59 Å². The third-order valence-corrected chi connectivity index (χ3v) is 6.84. The molecule has 0 spiro atoms. The van der Waals surface area contributed by atoms with E-state index in [1.165, 1.54) is 12.1 Å². The van der Waals surface area contributed by atoms with E-state index < -0.39 is 44.2 Å². The topological polar surface area (TPSA) is 109 Å². The minimum absolute atomic E-state index is 0.0589. The van der Waals surface area contributed by atoms with Gasteiger partial charge in [0.15, 0.2) is 9.84 Å². The molecule has 6 nitrogen and oxygen atoms in total. The molecule has 0 aliphatic heterocycles. The smallest absolute Gasteiger partial charge is 0.307 e. The lowest BCUT2D eigenvalue weighted by Gasteiger charge is -2.34. The minimum Gasteiger partial charge on any atom is -0.481 e. The van der Waals surface area contributed by atoms with Crippen molar-refractivity contribution in [1.82, 2.24) is 0 Å². The molecule has 1 aromatic carbocycles. The number of rotatable bonds is 4. The van der Waals surface area contributed by atoms with Gasteiger partial charge in [0.2, 0.25) is 0 Å². The highest BCUT2D eigenvalue weighted by atomic mass is 35.5. The second-order valence-electron chi connectivity index (χ2n) is 5.27. The minimum atomic E-state index is -3.81. The molecule has 120 valence electrons. The van der Waals surface area contributed by atoms with E-state index in [1.54, 1.807) is 18.2 Å². The molecule has 0 heterocycles. The van der Waals surface area contributed by atoms with E-state index in [0.29, 0.717) is 0 Å². The Morgan fingerprint density at radius 3 is 2.00 bits per heavy atom. The molecule has 0 amide bonds. The number of hydrogen-bond acceptors (Lipinski definition) is 4. The van der Waals surface area contributed by atoms with Gasteiger partial charge >= 0.3 is 11.9 Å². The number of alkyl halides is 1. The van der Waals surface area contributed by atoms with Crippen LogP contribution in [0.1, 0.15) is 12.8 Å². The predicted octanol–water partition coefficient (Wildman–Crippen LogP) is 1.63. The zero-order valence-electron chi connectivity index (χ0n) is 11.4. The maximum atomic E-state index is 12.6. The van der Waals surface area contributed by atoms with Crippen molar-refractivity contribution in [3.8, 4) is 0 Å². The van der Waals surface area contributed by atoms with Crippen molar-refractivity contribution < 1.29 is 28.2 Å². The molecule has 2 N–H and O–H groups in total. The monoisotopic (exact) mass is 346 g/mol. The van der Waals surface area contributed by atoms with Crippen LogP contribution in [0.15, 0.2) is 35.2 Å². The largest absolute Gasteiger partial charge is 0.481 e. The number of benzene rings is 1. The molecule has 1 aliphatic rings. The first kappa shape index (κ1) is 16.8. The fourth-order valence-electron chi connectivity index (χ4n) is 2.77. The van der Waals surface area contributed by atoms with Gasteiger partial charge in [0.25, 0.3) is 0 Å². The molecule has 0 aromatic heterocycles. The van der Waals surface area contributed by atoms with Crippen LogP contribution >= 0.6 is 11.6 Å². The molecule has 0 bridgehead atoms. The number of carboxylic acid groups (broad SMARTS) is 2. The van der Waals surface area contributed by atoms with Gasteiger partial charge in [0, 0.05) is 0 Å². The second-order valence-corrected chi connectivity index (χ2v) is 8.00. The highest BCUT2D eigenvalue weighted by molar-refractivity contribution is 7.92. The lowest BCUT2D eigenvalue weighted by Crippen LogP contribution is -2.46. The maximum Gasteiger partial charge on any atom is 0.307 e. The summed E-state index contributed by atoms with van der Waals surface area (Å²) in [7, 11) is -3.81. The standard InChI is InChI=1S/C14H15ClO6S/c15-11-6-9(13(16)17)10(14(18)19)7-12(11)22(20,21)8-4-2-1-3-5-8/h1-5,9-12H,6-7H2,(H,16,17)(H,18,19)/t9-,10+,11+,12-/m1/s1. The number of hydrogen-bond donors (Lipinski definition) is 2. The van der Waals surface area contributed by atoms with E-state index in [2.05, 4.69) is 0 Å². The fourth-order valence-corrected chi connectivity index (χ4v) is 5.32. The maximum absolute atomic E-state index is 12.6. The van der Waals surface area contributed by atoms with Gasteiger partial charge in [-0.1, -0.05) is 18.2 Å². The summed E-state index contributed by atoms with van der Waals surface area (Å²) in [6.45, 7) is 0. The number of carboxylic acids is 2. The molecule has 2 rings (SSSR count). The highest BCUT2D eigenvalue weighted by Gasteiger charge is 2.48. The van der Waals surface area contributed by atoms with Crippen molar-refractivity contribution >= 4 is 33.4 Å². The van der Waals surface area contributed by atoms with Crippen molar-refractivity contribution in [2.75, 3.05) is 0 Å². The summed E-state index contributed by atoms with van der Waals surface area (Å²) < 4.78 is 25.2. The van der Waals surface area contributed by atoms with E-state index in [4.69, 9.17) is 16.7 Å². The quantitative estimate of drug-likeness (QED) is 0.802. The van der Waals surface area contributed by atoms with Gasteiger partial charge in [-0.2, -0.15) is 0 Å². The fraction of sp³-hybridized carbons (Fsp3) is 0.429. The molecular weight excluding hydrogens is 332 g/mol. The van der Waals surface area contributed by atoms with Crippen LogP contribution in [0.25, 0.3) is 0 Å². The van der Waals surface area contributed by atoms with Crippen molar-refractivity contribution in [3.05, 3.63) is 30.3 Å². The summed E-state index contributed by atoms with van der Waals surface area (Å²) in [6, 6.07) is 7.62. The number of aliphatic carboxylic acids is 2. The Bertz CT molecular complexity index is 672. The molecule has 1 aromatic rings. The average molecular weight is 347 g/mol. The second kappa shape index (κ2) is 6.26. The Kier molecular flexibility index (Phi) is 4.77. The predicted molar refractivity (Wildman–Crippen MR) is 78.5 cm³/mol. The van der Waals surface area contributed by atoms with Crippen LogP contribution in [0.2, 0.25) is 0 Å². The van der Waals surface area contributed by atoms with E-state index in [9.17, 15) is 23.1 Å². The van der Waals surface area contributed by atoms with Gasteiger partial charge in [-0.15, -0.1) is 11.6 Å². The molecule has 4 atom stereocenters. The summed E-state index contributed by atoms with van der Waals surface area (Å²) >= 11 is 6.09. The summed E-state index contributed by atoms with van der Waals surface area (Å²) in [6.07, 6.45) is -0.498. The van der Waals surface area contributed by atoms with Gasteiger partial charge in [-0.05, 0) is 25.0 Å². The molecular formula is C14H15ClO6S. The Morgan fingerprint density at radius 2 is 1.50 bits per heavy atom. The molecule has 1 saturated carbocycles. The van der Waals surface area contributed by atoms with E-state index in [1.807, 2.05) is 0 Å². The number of carbonyl (C=O) groups is 2. The summed E-state index contributed by atoms with van der Waals surface area (Å²) in [4.78, 5) is 22.5. The summed E-state index contributed by atoms with van der Waals surface area (Å²) in [5.74, 6) is -5.03. The Balaban J connectivity index is 2.36. The summed E-state index contributed by atoms with van der Waals surface area (Å²) in [5.41, 5.74) is 0. The van der Waals surface area contributed by atoms with Crippen LogP contribution < -0.4 is 0 Å². The van der Waals surface area contributed by atoms with Crippen molar-refractivity contribution in [1.29, 1.82) is 0 Å². The Hall–Kier alpha value is -1.60. The van der Waals surface area contributed by atoms with Crippen molar-refractivity contribution in [3.63, 3.8) is 0 Å². The zero-order valence-corrected chi connectivity index (χ0v) is 13.0. The lowest BCUT2D eigenvalue weighted by atomic mass is 9.79. The molecule has 1 fully saturated rings. The van der Waals surface area contributed by atoms with Crippen LogP contribution in [0.3, 0.4) is 0 Å². The first-order valence-electron chi connectivity index (χ1n) is 6.63. The highest BCUT2D eigenvalue weighted by Crippen LogP contribution is 2.39. The van der Waals surface area contributed by atoms with Gasteiger partial charge in [-0.25, -0.2) is 8.42 Å². The van der Waals surface area contributed by atoms with E-state index >= 15 is 0 Å². The molecule has 0 unspecified atom stereocenters. The van der Waals surface area contributed by atoms with Crippen molar-refractivity contribution in [2.45, 2.75) is 28.4 Å². The van der Waals surface area contributed by atoms with Gasteiger partial charge in [0.1, 0.15) is 0 Å². The van der Waals surface area contributed by atoms with Crippen molar-refractivity contribution in [2.24, 2.45) is 11.8 Å². The molecule has 0 saturated heterocycles. The Labute approximate surface area is 132 Å². The van der Waals surface area contributed by atoms with E-state index in [0.717, 1.165) is 0 Å². The summed E-state index contributed by atoms with van der Waals surface area (Å²) in [5, 5.41) is 16.2. The molecule has 22 heavy (non-hydrogen) atoms. The van der Waals surface area contributed by atoms with Gasteiger partial charge in [0.05, 0.1) is 27.4 Å². The number of halogens is 1.